The molecule has 1 aliphatic heterocycles. The summed E-state index contributed by atoms with van der Waals surface area (Å²) in [5.74, 6) is 0.230. The van der Waals surface area contributed by atoms with Crippen molar-refractivity contribution >= 4 is 11.7 Å². The maximum atomic E-state index is 13.4. The minimum atomic E-state index is -4.56. The van der Waals surface area contributed by atoms with Crippen molar-refractivity contribution < 1.29 is 22.7 Å². The first-order chi connectivity index (χ1) is 14.5. The Morgan fingerprint density at radius 1 is 1.23 bits per heavy atom. The summed E-state index contributed by atoms with van der Waals surface area (Å²) in [6.07, 6.45) is -3.07. The number of ether oxygens (including phenoxy) is 1. The number of pyridine rings is 1. The lowest BCUT2D eigenvalue weighted by Crippen LogP contribution is -2.45. The van der Waals surface area contributed by atoms with Crippen LogP contribution < -0.4 is 15.6 Å². The summed E-state index contributed by atoms with van der Waals surface area (Å²) in [6, 6.07) is 7.34. The van der Waals surface area contributed by atoms with Gasteiger partial charge in [-0.25, -0.2) is 4.79 Å². The lowest BCUT2D eigenvalue weighted by Gasteiger charge is -2.39. The molecule has 0 bridgehead atoms. The van der Waals surface area contributed by atoms with Gasteiger partial charge < -0.3 is 15.0 Å². The largest absolute Gasteiger partial charge is 0.483 e. The predicted octanol–water partition coefficient (Wildman–Crippen LogP) is 3.96. The summed E-state index contributed by atoms with van der Waals surface area (Å²) in [7, 11) is 1.57. The van der Waals surface area contributed by atoms with Gasteiger partial charge in [-0.05, 0) is 45.0 Å². The Labute approximate surface area is 177 Å². The number of halogens is 3. The fourth-order valence-electron chi connectivity index (χ4n) is 3.51. The first-order valence-corrected chi connectivity index (χ1v) is 9.77. The number of carbonyl (C=O) groups excluding carboxylic acids is 1. The number of alkyl halides is 3. The number of likely N-dealkylation sites (N-methyl/N-ethyl adjacent to an activating group) is 1. The summed E-state index contributed by atoms with van der Waals surface area (Å²) < 4.78 is 47.6. The molecule has 0 saturated carbocycles. The van der Waals surface area contributed by atoms with Gasteiger partial charge in [0.05, 0.1) is 11.3 Å². The zero-order chi connectivity index (χ0) is 23.0. The van der Waals surface area contributed by atoms with E-state index < -0.39 is 22.9 Å². The van der Waals surface area contributed by atoms with Crippen LogP contribution in [0.15, 0.2) is 53.0 Å². The highest BCUT2D eigenvalue weighted by molar-refractivity contribution is 5.79. The summed E-state index contributed by atoms with van der Waals surface area (Å²) in [4.78, 5) is 26.4. The zero-order valence-corrected chi connectivity index (χ0v) is 17.7. The topological polar surface area (TPSA) is 63.6 Å². The Balaban J connectivity index is 2.30. The molecule has 0 atom stereocenters. The molecular formula is C22H24F3N3O3. The number of aromatic nitrogens is 1. The molecule has 3 rings (SSSR count). The third kappa shape index (κ3) is 4.45. The van der Waals surface area contributed by atoms with Gasteiger partial charge in [0.15, 0.2) is 0 Å². The molecule has 166 valence electrons. The third-order valence-corrected chi connectivity index (χ3v) is 5.07. The number of amides is 2. The Hall–Kier alpha value is -3.23. The van der Waals surface area contributed by atoms with Gasteiger partial charge in [-0.3, -0.25) is 9.36 Å². The van der Waals surface area contributed by atoms with Crippen molar-refractivity contribution in [3.63, 3.8) is 0 Å². The van der Waals surface area contributed by atoms with Crippen LogP contribution in [-0.2, 0) is 6.18 Å². The van der Waals surface area contributed by atoms with E-state index in [0.717, 1.165) is 12.1 Å². The first-order valence-electron chi connectivity index (χ1n) is 9.77. The monoisotopic (exact) mass is 435 g/mol. The maximum Gasteiger partial charge on any atom is 0.416 e. The van der Waals surface area contributed by atoms with Crippen LogP contribution in [0.3, 0.4) is 0 Å². The smallest absolute Gasteiger partial charge is 0.416 e. The van der Waals surface area contributed by atoms with Gasteiger partial charge >= 0.3 is 12.2 Å². The summed E-state index contributed by atoms with van der Waals surface area (Å²) in [6.45, 7) is 5.75. The fraction of sp³-hybridized carbons (Fsp3) is 0.364. The van der Waals surface area contributed by atoms with E-state index in [9.17, 15) is 22.8 Å². The van der Waals surface area contributed by atoms with Crippen molar-refractivity contribution in [1.29, 1.82) is 0 Å². The van der Waals surface area contributed by atoms with E-state index in [1.165, 1.54) is 27.8 Å². The number of nitrogens with zero attached hydrogens (tertiary/aromatic N) is 2. The molecule has 6 nitrogen and oxygen atoms in total. The van der Waals surface area contributed by atoms with Gasteiger partial charge in [0.1, 0.15) is 11.4 Å². The number of rotatable bonds is 4. The molecule has 0 unspecified atom stereocenters. The van der Waals surface area contributed by atoms with Crippen molar-refractivity contribution in [2.24, 2.45) is 0 Å². The Morgan fingerprint density at radius 3 is 2.55 bits per heavy atom. The van der Waals surface area contributed by atoms with Crippen LogP contribution in [0.1, 0.15) is 31.9 Å². The van der Waals surface area contributed by atoms with E-state index in [4.69, 9.17) is 4.74 Å². The van der Waals surface area contributed by atoms with Crippen LogP contribution in [0.25, 0.3) is 5.70 Å². The number of nitrogens with one attached hydrogen (secondary N) is 1. The SMILES string of the molecule is CCNC(=O)N(C)CC1=C(n2ccccc2=O)c2cc(C(F)(F)F)ccc2OC1(C)C. The predicted molar refractivity (Wildman–Crippen MR) is 111 cm³/mol. The number of urea groups is 1. The second kappa shape index (κ2) is 8.13. The molecule has 0 saturated heterocycles. The van der Waals surface area contributed by atoms with Crippen LogP contribution in [0.5, 0.6) is 5.75 Å². The van der Waals surface area contributed by atoms with Gasteiger partial charge in [0, 0.05) is 43.5 Å². The van der Waals surface area contributed by atoms with E-state index >= 15 is 0 Å². The normalized spacial score (nSPS) is 15.2. The van der Waals surface area contributed by atoms with E-state index in [0.29, 0.717) is 12.1 Å². The van der Waals surface area contributed by atoms with Crippen molar-refractivity contribution in [3.05, 3.63) is 69.6 Å². The molecule has 1 aromatic heterocycles. The molecule has 0 spiro atoms. The molecule has 2 amide bonds. The second-order valence-electron chi connectivity index (χ2n) is 7.75. The minimum absolute atomic E-state index is 0.0468. The fourth-order valence-corrected chi connectivity index (χ4v) is 3.51. The maximum absolute atomic E-state index is 13.4. The number of carbonyl (C=O) groups is 1. The van der Waals surface area contributed by atoms with Crippen molar-refractivity contribution in [2.75, 3.05) is 20.1 Å². The molecule has 2 heterocycles. The van der Waals surface area contributed by atoms with E-state index in [1.54, 1.807) is 40.0 Å². The Bertz CT molecular complexity index is 1090. The van der Waals surface area contributed by atoms with E-state index in [2.05, 4.69) is 5.32 Å². The molecule has 1 aromatic carbocycles. The van der Waals surface area contributed by atoms with E-state index in [1.807, 2.05) is 0 Å². The summed E-state index contributed by atoms with van der Waals surface area (Å²) >= 11 is 0. The number of benzene rings is 1. The van der Waals surface area contributed by atoms with E-state index in [-0.39, 0.29) is 29.6 Å². The highest BCUT2D eigenvalue weighted by atomic mass is 19.4. The van der Waals surface area contributed by atoms with Crippen molar-refractivity contribution in [2.45, 2.75) is 32.5 Å². The van der Waals surface area contributed by atoms with Crippen molar-refractivity contribution in [3.8, 4) is 5.75 Å². The van der Waals surface area contributed by atoms with Crippen LogP contribution in [0.2, 0.25) is 0 Å². The molecule has 0 radical (unpaired) electrons. The molecule has 0 fully saturated rings. The minimum Gasteiger partial charge on any atom is -0.483 e. The van der Waals surface area contributed by atoms with Crippen molar-refractivity contribution in [1.82, 2.24) is 14.8 Å². The highest BCUT2D eigenvalue weighted by Crippen LogP contribution is 2.43. The molecule has 9 heteroatoms. The zero-order valence-electron chi connectivity index (χ0n) is 17.7. The first kappa shape index (κ1) is 22.5. The lowest BCUT2D eigenvalue weighted by atomic mass is 9.88. The quantitative estimate of drug-likeness (QED) is 0.791. The van der Waals surface area contributed by atoms with Gasteiger partial charge in [-0.2, -0.15) is 13.2 Å². The Morgan fingerprint density at radius 2 is 1.94 bits per heavy atom. The molecule has 1 aliphatic rings. The van der Waals surface area contributed by atoms with Crippen LogP contribution >= 0.6 is 0 Å². The van der Waals surface area contributed by atoms with Gasteiger partial charge in [0.25, 0.3) is 5.56 Å². The number of fused-ring (bicyclic) bond motifs is 1. The highest BCUT2D eigenvalue weighted by Gasteiger charge is 2.39. The van der Waals surface area contributed by atoms with Crippen LogP contribution in [-0.4, -0.2) is 41.2 Å². The second-order valence-corrected chi connectivity index (χ2v) is 7.75. The average molecular weight is 435 g/mol. The van der Waals surface area contributed by atoms with Gasteiger partial charge in [0.2, 0.25) is 0 Å². The molecule has 0 aliphatic carbocycles. The molecule has 2 aromatic rings. The lowest BCUT2D eigenvalue weighted by molar-refractivity contribution is -0.137. The average Bonchev–Trinajstić information content (AvgIpc) is 2.68. The summed E-state index contributed by atoms with van der Waals surface area (Å²) in [5, 5.41) is 2.68. The molecule has 31 heavy (non-hydrogen) atoms. The van der Waals surface area contributed by atoms with Gasteiger partial charge in [-0.15, -0.1) is 0 Å². The standard InChI is InChI=1S/C22H24F3N3O3/c1-5-26-20(30)27(4)13-16-19(28-11-7-6-8-18(28)29)15-12-14(22(23,24)25)9-10-17(15)31-21(16,2)3/h6-12H,5,13H2,1-4H3,(H,26,30). The third-order valence-electron chi connectivity index (χ3n) is 5.07. The summed E-state index contributed by atoms with van der Waals surface area (Å²) in [5.41, 5.74) is -1.33. The molecule has 1 N–H and O–H groups in total. The van der Waals surface area contributed by atoms with Crippen LogP contribution in [0.4, 0.5) is 18.0 Å². The van der Waals surface area contributed by atoms with Crippen LogP contribution in [0, 0.1) is 0 Å². The Kier molecular flexibility index (Phi) is 5.89. The van der Waals surface area contributed by atoms with Gasteiger partial charge in [-0.1, -0.05) is 6.07 Å². The molecular weight excluding hydrogens is 411 g/mol. The number of hydrogen-bond acceptors (Lipinski definition) is 3. The number of hydrogen-bond donors (Lipinski definition) is 1.